The van der Waals surface area contributed by atoms with Crippen LogP contribution in [-0.4, -0.2) is 168 Å². The quantitative estimate of drug-likeness (QED) is 0.154. The second-order valence-corrected chi connectivity index (χ2v) is 8.33. The van der Waals surface area contributed by atoms with Crippen molar-refractivity contribution in [3.05, 3.63) is 0 Å². The first kappa shape index (κ1) is 27.9. The maximum atomic E-state index is 10.6. The van der Waals surface area contributed by atoms with Crippen LogP contribution in [0.5, 0.6) is 0 Å². The molecule has 200 valence electrons. The lowest BCUT2D eigenvalue weighted by Crippen LogP contribution is -2.66. The van der Waals surface area contributed by atoms with Crippen LogP contribution in [-0.2, 0) is 23.7 Å². The van der Waals surface area contributed by atoms with Gasteiger partial charge in [0.15, 0.2) is 18.9 Å². The van der Waals surface area contributed by atoms with E-state index in [1.54, 1.807) is 0 Å². The molecule has 0 unspecified atom stereocenters. The number of hydrogen-bond acceptors (Lipinski definition) is 16. The van der Waals surface area contributed by atoms with Gasteiger partial charge in [0.2, 0.25) is 0 Å². The van der Waals surface area contributed by atoms with Gasteiger partial charge >= 0.3 is 0 Å². The van der Waals surface area contributed by atoms with Gasteiger partial charge in [-0.05, 0) is 0 Å². The van der Waals surface area contributed by atoms with Gasteiger partial charge in [-0.2, -0.15) is 0 Å². The summed E-state index contributed by atoms with van der Waals surface area (Å²) >= 11 is 0. The Labute approximate surface area is 192 Å². The zero-order valence-corrected chi connectivity index (χ0v) is 17.7. The minimum atomic E-state index is -1.93. The van der Waals surface area contributed by atoms with Crippen molar-refractivity contribution in [2.24, 2.45) is 0 Å². The molecular weight excluding hydrogens is 472 g/mol. The first-order chi connectivity index (χ1) is 16.0. The van der Waals surface area contributed by atoms with E-state index in [0.717, 1.165) is 0 Å². The topological polar surface area (TPSA) is 269 Å². The first-order valence-corrected chi connectivity index (χ1v) is 10.6. The highest BCUT2D eigenvalue weighted by Crippen LogP contribution is 2.32. The molecule has 16 heteroatoms. The van der Waals surface area contributed by atoms with E-state index in [4.69, 9.17) is 23.7 Å². The van der Waals surface area contributed by atoms with E-state index < -0.39 is 112 Å². The van der Waals surface area contributed by atoms with Crippen molar-refractivity contribution in [3.63, 3.8) is 0 Å². The molecule has 0 aliphatic carbocycles. The van der Waals surface area contributed by atoms with Crippen LogP contribution in [0, 0.1) is 0 Å². The molecule has 0 amide bonds. The van der Waals surface area contributed by atoms with Gasteiger partial charge < -0.3 is 79.9 Å². The Morgan fingerprint density at radius 2 is 0.912 bits per heavy atom. The molecule has 0 saturated carbocycles. The van der Waals surface area contributed by atoms with Gasteiger partial charge in [-0.1, -0.05) is 0 Å². The summed E-state index contributed by atoms with van der Waals surface area (Å²) in [6.07, 6.45) is -25.3. The first-order valence-electron chi connectivity index (χ1n) is 10.6. The summed E-state index contributed by atoms with van der Waals surface area (Å²) in [7, 11) is 0. The Morgan fingerprint density at radius 1 is 0.441 bits per heavy atom. The maximum absolute atomic E-state index is 10.6. The Hall–Kier alpha value is -0.640. The molecule has 3 aliphatic heterocycles. The van der Waals surface area contributed by atoms with Crippen LogP contribution in [0.3, 0.4) is 0 Å². The minimum absolute atomic E-state index is 0.740. The fraction of sp³-hybridized carbons (Fsp3) is 1.00. The van der Waals surface area contributed by atoms with Crippen LogP contribution in [0.2, 0.25) is 0 Å². The molecule has 0 spiro atoms. The smallest absolute Gasteiger partial charge is 0.187 e. The zero-order valence-electron chi connectivity index (χ0n) is 17.7. The third kappa shape index (κ3) is 5.37. The molecule has 0 radical (unpaired) electrons. The predicted molar refractivity (Wildman–Crippen MR) is 101 cm³/mol. The standard InChI is InChI=1S/C18H32O16/c19-1-4-7(22)9(24)11(26)17(31-4)33-14-6(3-21)32-18(12(27)10(14)25)34-15-8(23)5(2-20)30-16(29)13(15)28/h4-29H,1-3H2/t4-,5-,6-,7-,8-,9+,10-,11-,12-,13-,14-,15+,16-,17+,18+/m1/s1. The number of rotatable bonds is 7. The van der Waals surface area contributed by atoms with Gasteiger partial charge in [0.1, 0.15) is 73.2 Å². The minimum Gasteiger partial charge on any atom is -0.394 e. The van der Waals surface area contributed by atoms with Crippen LogP contribution in [0.4, 0.5) is 0 Å². The van der Waals surface area contributed by atoms with Gasteiger partial charge in [-0.25, -0.2) is 0 Å². The second-order valence-electron chi connectivity index (χ2n) is 8.33. The third-order valence-electron chi connectivity index (χ3n) is 6.09. The SMILES string of the molecule is OC[C@H]1O[C@@H](O[C@H]2[C@H](O)[C@@H](O)[C@H](O[C@@H]3[C@@H](O)[C@H](O)O[C@H](CO)[C@H]3O)O[C@@H]2CO)[C@H](O)[C@@H](O)[C@@H]1O. The molecule has 0 aromatic rings. The van der Waals surface area contributed by atoms with Gasteiger partial charge in [0.05, 0.1) is 19.8 Å². The largest absolute Gasteiger partial charge is 0.394 e. The molecule has 3 fully saturated rings. The molecule has 16 nitrogen and oxygen atoms in total. The predicted octanol–water partition coefficient (Wildman–Crippen LogP) is -7.57. The average molecular weight is 504 g/mol. The Balaban J connectivity index is 1.72. The molecule has 0 aromatic heterocycles. The molecule has 0 aromatic carbocycles. The van der Waals surface area contributed by atoms with Gasteiger partial charge in [-0.3, -0.25) is 0 Å². The molecule has 3 heterocycles. The summed E-state index contributed by atoms with van der Waals surface area (Å²) in [4.78, 5) is 0. The van der Waals surface area contributed by atoms with Gasteiger partial charge in [0, 0.05) is 0 Å². The molecule has 3 saturated heterocycles. The van der Waals surface area contributed by atoms with Crippen molar-refractivity contribution in [2.45, 2.75) is 92.1 Å². The lowest BCUT2D eigenvalue weighted by molar-refractivity contribution is -0.378. The highest BCUT2D eigenvalue weighted by Gasteiger charge is 2.53. The lowest BCUT2D eigenvalue weighted by Gasteiger charge is -2.47. The van der Waals surface area contributed by atoms with E-state index in [1.165, 1.54) is 0 Å². The summed E-state index contributed by atoms with van der Waals surface area (Å²) in [5.74, 6) is 0. The van der Waals surface area contributed by atoms with Crippen molar-refractivity contribution in [1.82, 2.24) is 0 Å². The van der Waals surface area contributed by atoms with Crippen LogP contribution in [0.1, 0.15) is 0 Å². The maximum Gasteiger partial charge on any atom is 0.187 e. The third-order valence-corrected chi connectivity index (χ3v) is 6.09. The highest BCUT2D eigenvalue weighted by molar-refractivity contribution is 4.96. The number of aliphatic hydroxyl groups is 11. The summed E-state index contributed by atoms with van der Waals surface area (Å²) in [5, 5.41) is 109. The Morgan fingerprint density at radius 3 is 1.47 bits per heavy atom. The molecule has 3 rings (SSSR count). The van der Waals surface area contributed by atoms with E-state index in [0.29, 0.717) is 0 Å². The number of ether oxygens (including phenoxy) is 5. The summed E-state index contributed by atoms with van der Waals surface area (Å²) in [6, 6.07) is 0. The Kier molecular flexibility index (Phi) is 9.54. The normalized spacial score (nSPS) is 52.5. The van der Waals surface area contributed by atoms with Crippen molar-refractivity contribution >= 4 is 0 Å². The zero-order chi connectivity index (χ0) is 25.3. The van der Waals surface area contributed by atoms with Crippen LogP contribution >= 0.6 is 0 Å². The number of aliphatic hydroxyl groups excluding tert-OH is 11. The highest BCUT2D eigenvalue weighted by atomic mass is 16.7. The average Bonchev–Trinajstić information content (AvgIpc) is 2.83. The van der Waals surface area contributed by atoms with Crippen LogP contribution < -0.4 is 0 Å². The van der Waals surface area contributed by atoms with Crippen molar-refractivity contribution in [1.29, 1.82) is 0 Å². The van der Waals surface area contributed by atoms with Gasteiger partial charge in [0.25, 0.3) is 0 Å². The summed E-state index contributed by atoms with van der Waals surface area (Å²) < 4.78 is 26.2. The van der Waals surface area contributed by atoms with Crippen molar-refractivity contribution in [3.8, 4) is 0 Å². The van der Waals surface area contributed by atoms with Crippen LogP contribution in [0.15, 0.2) is 0 Å². The van der Waals surface area contributed by atoms with E-state index in [-0.39, 0.29) is 0 Å². The van der Waals surface area contributed by atoms with Crippen LogP contribution in [0.25, 0.3) is 0 Å². The van der Waals surface area contributed by atoms with Gasteiger partial charge in [-0.15, -0.1) is 0 Å². The Bertz CT molecular complexity index is 637. The monoisotopic (exact) mass is 504 g/mol. The fourth-order valence-electron chi connectivity index (χ4n) is 4.05. The number of hydrogen-bond donors (Lipinski definition) is 11. The summed E-state index contributed by atoms with van der Waals surface area (Å²) in [5.41, 5.74) is 0. The molecule has 11 N–H and O–H groups in total. The van der Waals surface area contributed by atoms with E-state index in [1.807, 2.05) is 0 Å². The summed E-state index contributed by atoms with van der Waals surface area (Å²) in [6.45, 7) is -2.31. The van der Waals surface area contributed by atoms with Crippen molar-refractivity contribution < 1.29 is 79.9 Å². The van der Waals surface area contributed by atoms with E-state index in [2.05, 4.69) is 0 Å². The van der Waals surface area contributed by atoms with Crippen molar-refractivity contribution in [2.75, 3.05) is 19.8 Å². The molecular formula is C18H32O16. The molecule has 3 aliphatic rings. The van der Waals surface area contributed by atoms with E-state index >= 15 is 0 Å². The molecule has 34 heavy (non-hydrogen) atoms. The fourth-order valence-corrected chi connectivity index (χ4v) is 4.05. The second kappa shape index (κ2) is 11.6. The van der Waals surface area contributed by atoms with E-state index in [9.17, 15) is 56.2 Å². The lowest BCUT2D eigenvalue weighted by atomic mass is 9.96. The molecule has 0 bridgehead atoms. The molecule has 15 atom stereocenters.